The number of nitriles is 1. The molecule has 2 aromatic rings. The molecule has 1 heterocycles. The number of benzene rings is 1. The summed E-state index contributed by atoms with van der Waals surface area (Å²) in [4.78, 5) is 4.15. The van der Waals surface area contributed by atoms with E-state index in [1.807, 2.05) is 48.5 Å². The van der Waals surface area contributed by atoms with E-state index < -0.39 is 10.0 Å². The number of nitrogens with zero attached hydrogens (tertiary/aromatic N) is 3. The molecular weight excluding hydrogens is 310 g/mol. The second kappa shape index (κ2) is 8.42. The Bertz CT molecular complexity index is 740. The Kier molecular flexibility index (Phi) is 6.27. The van der Waals surface area contributed by atoms with Crippen molar-refractivity contribution in [2.24, 2.45) is 0 Å². The number of aryl methyl sites for hydroxylation is 1. The van der Waals surface area contributed by atoms with Crippen molar-refractivity contribution >= 4 is 10.0 Å². The molecule has 0 bridgehead atoms. The van der Waals surface area contributed by atoms with Crippen LogP contribution in [-0.4, -0.2) is 30.0 Å². The minimum Gasteiger partial charge on any atom is -0.261 e. The largest absolute Gasteiger partial charge is 0.261 e. The van der Waals surface area contributed by atoms with Crippen molar-refractivity contribution < 1.29 is 8.42 Å². The fourth-order valence-electron chi connectivity index (χ4n) is 2.19. The Hall–Kier alpha value is -2.23. The zero-order valence-corrected chi connectivity index (χ0v) is 13.6. The van der Waals surface area contributed by atoms with Crippen LogP contribution >= 0.6 is 0 Å². The summed E-state index contributed by atoms with van der Waals surface area (Å²) >= 11 is 0. The maximum Gasteiger partial charge on any atom is 0.214 e. The lowest BCUT2D eigenvalue weighted by Crippen LogP contribution is -2.34. The van der Waals surface area contributed by atoms with Gasteiger partial charge in [0.05, 0.1) is 11.8 Å². The predicted octanol–water partition coefficient (Wildman–Crippen LogP) is 2.37. The van der Waals surface area contributed by atoms with Crippen LogP contribution in [0.1, 0.15) is 17.7 Å². The summed E-state index contributed by atoms with van der Waals surface area (Å²) in [6, 6.07) is 16.9. The van der Waals surface area contributed by atoms with Crippen molar-refractivity contribution in [3.05, 3.63) is 66.0 Å². The van der Waals surface area contributed by atoms with Crippen molar-refractivity contribution in [1.82, 2.24) is 9.29 Å². The van der Waals surface area contributed by atoms with Crippen LogP contribution in [0.4, 0.5) is 0 Å². The van der Waals surface area contributed by atoms with Crippen molar-refractivity contribution in [1.29, 1.82) is 5.26 Å². The Morgan fingerprint density at radius 2 is 1.83 bits per heavy atom. The van der Waals surface area contributed by atoms with Gasteiger partial charge in [-0.15, -0.1) is 0 Å². The highest BCUT2D eigenvalue weighted by Crippen LogP contribution is 2.12. The van der Waals surface area contributed by atoms with Gasteiger partial charge in [-0.2, -0.15) is 9.57 Å². The van der Waals surface area contributed by atoms with Crippen LogP contribution < -0.4 is 0 Å². The van der Waals surface area contributed by atoms with E-state index in [2.05, 4.69) is 4.98 Å². The number of hydrogen-bond donors (Lipinski definition) is 0. The average Bonchev–Trinajstić information content (AvgIpc) is 2.58. The molecule has 0 amide bonds. The third-order valence-corrected chi connectivity index (χ3v) is 5.23. The fraction of sp³-hybridized carbons (Fsp3) is 0.294. The molecule has 0 aliphatic heterocycles. The van der Waals surface area contributed by atoms with Crippen molar-refractivity contribution in [2.45, 2.75) is 19.4 Å². The normalized spacial score (nSPS) is 11.3. The summed E-state index contributed by atoms with van der Waals surface area (Å²) in [6.45, 7) is 0.489. The van der Waals surface area contributed by atoms with Crippen LogP contribution in [0.25, 0.3) is 0 Å². The molecule has 2 rings (SSSR count). The standard InChI is InChI=1S/C17H19N3O2S/c18-11-6-13-20(15-16-7-2-1-3-8-16)23(21,22)14-10-17-9-4-5-12-19-17/h1-5,7-9,12H,6,10,13-15H2. The van der Waals surface area contributed by atoms with Crippen LogP contribution in [0.3, 0.4) is 0 Å². The summed E-state index contributed by atoms with van der Waals surface area (Å²) in [5.41, 5.74) is 1.66. The SMILES string of the molecule is N#CCCN(Cc1ccccc1)S(=O)(=O)CCc1ccccn1. The van der Waals surface area contributed by atoms with Gasteiger partial charge in [-0.1, -0.05) is 36.4 Å². The molecule has 1 aromatic carbocycles. The van der Waals surface area contributed by atoms with Crippen LogP contribution in [-0.2, 0) is 23.0 Å². The summed E-state index contributed by atoms with van der Waals surface area (Å²) in [6.07, 6.45) is 2.19. The van der Waals surface area contributed by atoms with Gasteiger partial charge in [0.1, 0.15) is 0 Å². The number of aromatic nitrogens is 1. The summed E-state index contributed by atoms with van der Waals surface area (Å²) in [5.74, 6) is -0.0116. The molecule has 0 spiro atoms. The Morgan fingerprint density at radius 1 is 1.09 bits per heavy atom. The van der Waals surface area contributed by atoms with Crippen LogP contribution in [0.15, 0.2) is 54.7 Å². The van der Waals surface area contributed by atoms with Gasteiger partial charge in [-0.25, -0.2) is 8.42 Å². The fourth-order valence-corrected chi connectivity index (χ4v) is 3.63. The zero-order chi connectivity index (χ0) is 16.5. The van der Waals surface area contributed by atoms with E-state index in [0.29, 0.717) is 6.42 Å². The average molecular weight is 329 g/mol. The maximum absolute atomic E-state index is 12.6. The minimum absolute atomic E-state index is 0.0116. The lowest BCUT2D eigenvalue weighted by Gasteiger charge is -2.21. The molecule has 0 aliphatic rings. The quantitative estimate of drug-likeness (QED) is 0.745. The molecular formula is C17H19N3O2S. The molecule has 5 nitrogen and oxygen atoms in total. The molecule has 0 saturated heterocycles. The Balaban J connectivity index is 2.08. The van der Waals surface area contributed by atoms with E-state index in [1.54, 1.807) is 12.3 Å². The van der Waals surface area contributed by atoms with Gasteiger partial charge in [-0.05, 0) is 17.7 Å². The summed E-state index contributed by atoms with van der Waals surface area (Å²) in [5, 5.41) is 8.77. The second-order valence-electron chi connectivity index (χ2n) is 5.11. The third-order valence-electron chi connectivity index (χ3n) is 3.41. The number of rotatable bonds is 8. The van der Waals surface area contributed by atoms with Crippen molar-refractivity contribution in [2.75, 3.05) is 12.3 Å². The van der Waals surface area contributed by atoms with E-state index in [4.69, 9.17) is 5.26 Å². The third kappa shape index (κ3) is 5.47. The van der Waals surface area contributed by atoms with Crippen LogP contribution in [0.5, 0.6) is 0 Å². The molecule has 0 fully saturated rings. The minimum atomic E-state index is -3.45. The summed E-state index contributed by atoms with van der Waals surface area (Å²) < 4.78 is 26.6. The monoisotopic (exact) mass is 329 g/mol. The molecule has 6 heteroatoms. The van der Waals surface area contributed by atoms with E-state index in [1.165, 1.54) is 4.31 Å². The lowest BCUT2D eigenvalue weighted by molar-refractivity contribution is 0.413. The first-order valence-electron chi connectivity index (χ1n) is 7.40. The van der Waals surface area contributed by atoms with E-state index in [0.717, 1.165) is 11.3 Å². The lowest BCUT2D eigenvalue weighted by atomic mass is 10.2. The number of sulfonamides is 1. The highest BCUT2D eigenvalue weighted by atomic mass is 32.2. The molecule has 1 aromatic heterocycles. The van der Waals surface area contributed by atoms with Gasteiger partial charge in [0.25, 0.3) is 0 Å². The van der Waals surface area contributed by atoms with Crippen LogP contribution in [0, 0.1) is 11.3 Å². The van der Waals surface area contributed by atoms with Gasteiger partial charge in [0.15, 0.2) is 0 Å². The molecule has 0 atom stereocenters. The first-order chi connectivity index (χ1) is 11.1. The predicted molar refractivity (Wildman–Crippen MR) is 88.8 cm³/mol. The van der Waals surface area contributed by atoms with Gasteiger partial charge in [0, 0.05) is 37.8 Å². The van der Waals surface area contributed by atoms with E-state index in [9.17, 15) is 8.42 Å². The van der Waals surface area contributed by atoms with Gasteiger partial charge < -0.3 is 0 Å². The highest BCUT2D eigenvalue weighted by molar-refractivity contribution is 7.89. The zero-order valence-electron chi connectivity index (χ0n) is 12.8. The first kappa shape index (κ1) is 17.1. The van der Waals surface area contributed by atoms with Gasteiger partial charge in [0.2, 0.25) is 10.0 Å². The topological polar surface area (TPSA) is 74.1 Å². The molecule has 120 valence electrons. The Morgan fingerprint density at radius 3 is 2.48 bits per heavy atom. The highest BCUT2D eigenvalue weighted by Gasteiger charge is 2.22. The molecule has 23 heavy (non-hydrogen) atoms. The molecule has 0 aliphatic carbocycles. The number of hydrogen-bond acceptors (Lipinski definition) is 4. The van der Waals surface area contributed by atoms with Crippen LogP contribution in [0.2, 0.25) is 0 Å². The molecule has 0 unspecified atom stereocenters. The summed E-state index contributed by atoms with van der Waals surface area (Å²) in [7, 11) is -3.45. The molecule has 0 radical (unpaired) electrons. The number of pyridine rings is 1. The first-order valence-corrected chi connectivity index (χ1v) is 9.01. The molecule has 0 N–H and O–H groups in total. The van der Waals surface area contributed by atoms with Crippen molar-refractivity contribution in [3.8, 4) is 6.07 Å². The van der Waals surface area contributed by atoms with Gasteiger partial charge >= 0.3 is 0 Å². The van der Waals surface area contributed by atoms with Crippen molar-refractivity contribution in [3.63, 3.8) is 0 Å². The molecule has 0 saturated carbocycles. The van der Waals surface area contributed by atoms with E-state index >= 15 is 0 Å². The smallest absolute Gasteiger partial charge is 0.214 e. The maximum atomic E-state index is 12.6. The Labute approximate surface area is 137 Å². The van der Waals surface area contributed by atoms with Gasteiger partial charge in [-0.3, -0.25) is 4.98 Å². The second-order valence-corrected chi connectivity index (χ2v) is 7.20. The van der Waals surface area contributed by atoms with E-state index in [-0.39, 0.29) is 25.3 Å².